The number of aromatic nitrogens is 2. The molecule has 7 heteroatoms. The standard InChI is InChI=1S/C19H23N5O2/c1-23-17-5-3-2-4-15(17)18(21-23)19(25)20-12-8-13-6-11-7-14(9-12)24(13)10-16(11)22-26/h2-5,11-14,16H,6-10H2,1H3,(H,20,25)/t11?,12?,13-,14?,16?/m1/s1. The predicted octanol–water partition coefficient (Wildman–Crippen LogP) is 2.06. The molecular formula is C19H23N5O2. The Bertz CT molecular complexity index is 862. The van der Waals surface area contributed by atoms with E-state index in [9.17, 15) is 9.70 Å². The van der Waals surface area contributed by atoms with Gasteiger partial charge in [-0.2, -0.15) is 10.0 Å². The maximum atomic E-state index is 12.9. The predicted molar refractivity (Wildman–Crippen MR) is 97.8 cm³/mol. The summed E-state index contributed by atoms with van der Waals surface area (Å²) in [5.41, 5.74) is 1.47. The lowest BCUT2D eigenvalue weighted by Gasteiger charge is -2.56. The van der Waals surface area contributed by atoms with E-state index in [1.165, 1.54) is 0 Å². The molecule has 0 radical (unpaired) electrons. The molecule has 7 nitrogen and oxygen atoms in total. The number of carbonyl (C=O) groups excluding carboxylic acids is 1. The van der Waals surface area contributed by atoms with Crippen LogP contribution in [0.4, 0.5) is 0 Å². The fourth-order valence-electron chi connectivity index (χ4n) is 5.43. The molecule has 4 aliphatic rings. The summed E-state index contributed by atoms with van der Waals surface area (Å²) in [5, 5.41) is 11.9. The molecular weight excluding hydrogens is 330 g/mol. The highest BCUT2D eigenvalue weighted by molar-refractivity contribution is 6.04. The number of nitrogens with one attached hydrogen (secondary N) is 1. The summed E-state index contributed by atoms with van der Waals surface area (Å²) in [5.74, 6) is 0.350. The van der Waals surface area contributed by atoms with E-state index in [4.69, 9.17) is 0 Å². The van der Waals surface area contributed by atoms with E-state index in [0.29, 0.717) is 23.7 Å². The molecule has 0 saturated carbocycles. The Kier molecular flexibility index (Phi) is 3.60. The molecule has 4 fully saturated rings. The first-order valence-corrected chi connectivity index (χ1v) is 9.45. The fraction of sp³-hybridized carbons (Fsp3) is 0.579. The molecule has 1 aromatic heterocycles. The van der Waals surface area contributed by atoms with Gasteiger partial charge in [-0.15, -0.1) is 0 Å². The third-order valence-corrected chi connectivity index (χ3v) is 6.59. The zero-order valence-electron chi connectivity index (χ0n) is 14.8. The molecule has 6 atom stereocenters. The maximum absolute atomic E-state index is 12.9. The van der Waals surface area contributed by atoms with Crippen LogP contribution in [0.15, 0.2) is 29.4 Å². The lowest BCUT2D eigenvalue weighted by atomic mass is 9.70. The van der Waals surface area contributed by atoms with E-state index in [1.807, 2.05) is 31.3 Å². The van der Waals surface area contributed by atoms with E-state index in [-0.39, 0.29) is 18.0 Å². The van der Waals surface area contributed by atoms with E-state index in [1.54, 1.807) is 4.68 Å². The lowest BCUT2D eigenvalue weighted by Crippen LogP contribution is -2.65. The van der Waals surface area contributed by atoms with Crippen LogP contribution in [-0.2, 0) is 7.05 Å². The highest BCUT2D eigenvalue weighted by atomic mass is 16.3. The Morgan fingerprint density at radius 3 is 2.62 bits per heavy atom. The zero-order chi connectivity index (χ0) is 17.8. The number of aryl methyl sites for hydroxylation is 1. The van der Waals surface area contributed by atoms with Crippen LogP contribution in [0.1, 0.15) is 36.2 Å². The summed E-state index contributed by atoms with van der Waals surface area (Å²) in [4.78, 5) is 26.3. The van der Waals surface area contributed by atoms with Crippen LogP contribution in [0, 0.1) is 10.8 Å². The Labute approximate surface area is 151 Å². The summed E-state index contributed by atoms with van der Waals surface area (Å²) in [6, 6.07) is 8.90. The first kappa shape index (κ1) is 15.9. The van der Waals surface area contributed by atoms with Crippen molar-refractivity contribution in [2.75, 3.05) is 6.54 Å². The van der Waals surface area contributed by atoms with Gasteiger partial charge in [0.05, 0.1) is 5.52 Å². The second-order valence-electron chi connectivity index (χ2n) is 8.04. The number of piperidine rings is 4. The minimum Gasteiger partial charge on any atom is -0.348 e. The van der Waals surface area contributed by atoms with E-state index >= 15 is 0 Å². The molecule has 1 amide bonds. The summed E-state index contributed by atoms with van der Waals surface area (Å²) >= 11 is 0. The number of nitroso groups, excluding NO2 is 1. The first-order chi connectivity index (χ1) is 12.6. The van der Waals surface area contributed by atoms with Crippen molar-refractivity contribution < 1.29 is 4.79 Å². The van der Waals surface area contributed by atoms with Crippen molar-refractivity contribution in [1.82, 2.24) is 20.0 Å². The molecule has 4 bridgehead atoms. The second-order valence-corrected chi connectivity index (χ2v) is 8.04. The molecule has 0 aliphatic carbocycles. The quantitative estimate of drug-likeness (QED) is 0.857. The van der Waals surface area contributed by atoms with Crippen molar-refractivity contribution in [2.45, 2.75) is 49.9 Å². The van der Waals surface area contributed by atoms with Crippen molar-refractivity contribution in [2.24, 2.45) is 18.1 Å². The largest absolute Gasteiger partial charge is 0.348 e. The number of carbonyl (C=O) groups is 1. The van der Waals surface area contributed by atoms with Gasteiger partial charge in [-0.3, -0.25) is 14.4 Å². The number of para-hydroxylation sites is 1. The van der Waals surface area contributed by atoms with Crippen LogP contribution < -0.4 is 5.32 Å². The van der Waals surface area contributed by atoms with Gasteiger partial charge in [0.2, 0.25) is 0 Å². The molecule has 1 N–H and O–H groups in total. The Morgan fingerprint density at radius 1 is 1.19 bits per heavy atom. The smallest absolute Gasteiger partial charge is 0.272 e. The SMILES string of the molecule is Cn1nc(C(=O)NC2CC3CC4C[C@H](C2)N3CC4N=O)c2ccccc21. The molecule has 2 aromatic rings. The number of nitrogens with zero attached hydrogens (tertiary/aromatic N) is 4. The lowest BCUT2D eigenvalue weighted by molar-refractivity contribution is -0.0538. The molecule has 5 unspecified atom stereocenters. The Hall–Kier alpha value is -2.28. The van der Waals surface area contributed by atoms with Crippen LogP contribution in [0.2, 0.25) is 0 Å². The highest BCUT2D eigenvalue weighted by Gasteiger charge is 2.49. The Balaban J connectivity index is 1.32. The zero-order valence-corrected chi connectivity index (χ0v) is 14.8. The molecule has 4 saturated heterocycles. The summed E-state index contributed by atoms with van der Waals surface area (Å²) in [7, 11) is 1.87. The van der Waals surface area contributed by atoms with Crippen LogP contribution in [0.25, 0.3) is 10.9 Å². The Morgan fingerprint density at radius 2 is 1.92 bits per heavy atom. The number of benzene rings is 1. The van der Waals surface area contributed by atoms with Gasteiger partial charge in [0.1, 0.15) is 6.04 Å². The van der Waals surface area contributed by atoms with Gasteiger partial charge in [-0.1, -0.05) is 23.4 Å². The van der Waals surface area contributed by atoms with Crippen molar-refractivity contribution in [3.8, 4) is 0 Å². The molecule has 0 spiro atoms. The van der Waals surface area contributed by atoms with Gasteiger partial charge in [-0.05, 0) is 37.7 Å². The minimum absolute atomic E-state index is 0.0338. The van der Waals surface area contributed by atoms with Gasteiger partial charge in [-0.25, -0.2) is 0 Å². The molecule has 26 heavy (non-hydrogen) atoms. The topological polar surface area (TPSA) is 79.6 Å². The fourth-order valence-corrected chi connectivity index (χ4v) is 5.43. The van der Waals surface area contributed by atoms with E-state index < -0.39 is 0 Å². The summed E-state index contributed by atoms with van der Waals surface area (Å²) < 4.78 is 1.76. The molecule has 6 rings (SSSR count). The summed E-state index contributed by atoms with van der Waals surface area (Å²) in [6.07, 6.45) is 3.97. The van der Waals surface area contributed by atoms with Gasteiger partial charge in [0.25, 0.3) is 5.91 Å². The number of amides is 1. The van der Waals surface area contributed by atoms with E-state index in [2.05, 4.69) is 20.5 Å². The van der Waals surface area contributed by atoms with E-state index in [0.717, 1.165) is 43.1 Å². The number of hydrogen-bond acceptors (Lipinski definition) is 5. The monoisotopic (exact) mass is 353 g/mol. The maximum Gasteiger partial charge on any atom is 0.272 e. The van der Waals surface area contributed by atoms with Crippen LogP contribution in [0.3, 0.4) is 0 Å². The van der Waals surface area contributed by atoms with Crippen molar-refractivity contribution in [3.05, 3.63) is 34.9 Å². The third-order valence-electron chi connectivity index (χ3n) is 6.59. The van der Waals surface area contributed by atoms with Crippen molar-refractivity contribution in [3.63, 3.8) is 0 Å². The van der Waals surface area contributed by atoms with Crippen LogP contribution in [0.5, 0.6) is 0 Å². The number of rotatable bonds is 3. The van der Waals surface area contributed by atoms with Crippen LogP contribution >= 0.6 is 0 Å². The molecule has 5 heterocycles. The second kappa shape index (κ2) is 5.87. The molecule has 4 aliphatic heterocycles. The minimum atomic E-state index is -0.0839. The molecule has 1 aromatic carbocycles. The number of fused-ring (bicyclic) bond motifs is 2. The average Bonchev–Trinajstić information content (AvgIpc) is 2.98. The average molecular weight is 353 g/mol. The third kappa shape index (κ3) is 2.37. The van der Waals surface area contributed by atoms with Gasteiger partial charge < -0.3 is 5.32 Å². The van der Waals surface area contributed by atoms with Crippen molar-refractivity contribution in [1.29, 1.82) is 0 Å². The molecule has 136 valence electrons. The van der Waals surface area contributed by atoms with Gasteiger partial charge in [0.15, 0.2) is 5.69 Å². The number of hydrogen-bond donors (Lipinski definition) is 1. The van der Waals surface area contributed by atoms with Gasteiger partial charge in [0, 0.05) is 37.1 Å². The van der Waals surface area contributed by atoms with Crippen molar-refractivity contribution >= 4 is 16.8 Å². The normalized spacial score (nSPS) is 35.4. The highest BCUT2D eigenvalue weighted by Crippen LogP contribution is 2.44. The van der Waals surface area contributed by atoms with Gasteiger partial charge >= 0.3 is 0 Å². The first-order valence-electron chi connectivity index (χ1n) is 9.45. The summed E-state index contributed by atoms with van der Waals surface area (Å²) in [6.45, 7) is 0.801. The van der Waals surface area contributed by atoms with Crippen LogP contribution in [-0.4, -0.2) is 51.3 Å².